The first-order chi connectivity index (χ1) is 16.1. The topological polar surface area (TPSA) is 74.1 Å². The average molecular weight is 441 g/mol. The minimum atomic E-state index is -0.588. The minimum Gasteiger partial charge on any atom is -0.372 e. The largest absolute Gasteiger partial charge is 0.372 e. The number of piperidine rings is 1. The summed E-state index contributed by atoms with van der Waals surface area (Å²) in [5.41, 5.74) is 13.3. The van der Waals surface area contributed by atoms with Gasteiger partial charge in [-0.15, -0.1) is 0 Å². The van der Waals surface area contributed by atoms with Gasteiger partial charge in [0.1, 0.15) is 0 Å². The van der Waals surface area contributed by atoms with Crippen molar-refractivity contribution in [3.05, 3.63) is 71.5 Å². The Morgan fingerprint density at radius 1 is 0.970 bits per heavy atom. The Bertz CT molecular complexity index is 1380. The quantitative estimate of drug-likeness (QED) is 0.321. The Hall–Kier alpha value is -3.80. The van der Waals surface area contributed by atoms with Crippen LogP contribution < -0.4 is 16.0 Å². The molecular weight excluding hydrogens is 415 g/mol. The van der Waals surface area contributed by atoms with Crippen LogP contribution in [0.25, 0.3) is 33.3 Å². The molecule has 1 fully saturated rings. The highest BCUT2D eigenvalue weighted by Crippen LogP contribution is 2.43. The third-order valence-electron chi connectivity index (χ3n) is 6.93. The van der Waals surface area contributed by atoms with E-state index in [1.807, 2.05) is 42.5 Å². The van der Waals surface area contributed by atoms with Crippen LogP contribution in [0.4, 0.5) is 20.6 Å². The van der Waals surface area contributed by atoms with E-state index in [9.17, 15) is 4.79 Å². The van der Waals surface area contributed by atoms with Gasteiger partial charge in [-0.05, 0) is 60.2 Å². The summed E-state index contributed by atoms with van der Waals surface area (Å²) in [5.74, 6) is -0.221. The number of fused-ring (bicyclic) bond motifs is 5. The number of H-pyrrole nitrogens is 1. The first-order valence-corrected chi connectivity index (χ1v) is 11.5. The number of aromatic nitrogens is 1. The number of urea groups is 1. The Labute approximate surface area is 191 Å². The standard InChI is InChI=1S/C27H25FN4O/c28-24-20(16-4-7-19(8-5-16)32-12-2-1-3-13-32)10-11-22-23-15-17-14-18(30-27(29)33)6-9-21(17)25(23)31-26(22)24/h4-11,14,31H,1-3,12-13,15H2,(H3,29,30,33). The third-order valence-corrected chi connectivity index (χ3v) is 6.93. The van der Waals surface area contributed by atoms with Crippen molar-refractivity contribution >= 4 is 28.3 Å². The van der Waals surface area contributed by atoms with Crippen molar-refractivity contribution in [3.8, 4) is 22.4 Å². The summed E-state index contributed by atoms with van der Waals surface area (Å²) in [5, 5.41) is 3.52. The van der Waals surface area contributed by atoms with E-state index in [0.29, 0.717) is 23.2 Å². The number of hydrogen-bond donors (Lipinski definition) is 3. The van der Waals surface area contributed by atoms with E-state index in [1.54, 1.807) is 0 Å². The second-order valence-electron chi connectivity index (χ2n) is 8.96. The number of carbonyl (C=O) groups is 1. The zero-order valence-corrected chi connectivity index (χ0v) is 18.2. The zero-order chi connectivity index (χ0) is 22.5. The van der Waals surface area contributed by atoms with Gasteiger partial charge in [-0.25, -0.2) is 9.18 Å². The van der Waals surface area contributed by atoms with Crippen LogP contribution in [0.2, 0.25) is 0 Å². The molecule has 3 aromatic carbocycles. The molecular formula is C27H25FN4O. The molecule has 2 heterocycles. The molecule has 0 spiro atoms. The Morgan fingerprint density at radius 3 is 2.48 bits per heavy atom. The van der Waals surface area contributed by atoms with E-state index >= 15 is 4.39 Å². The lowest BCUT2D eigenvalue weighted by atomic mass is 10.0. The Kier molecular flexibility index (Phi) is 4.61. The maximum atomic E-state index is 15.6. The summed E-state index contributed by atoms with van der Waals surface area (Å²) < 4.78 is 15.6. The maximum Gasteiger partial charge on any atom is 0.316 e. The number of aromatic amines is 1. The number of rotatable bonds is 3. The average Bonchev–Trinajstić information content (AvgIpc) is 3.36. The number of amides is 2. The van der Waals surface area contributed by atoms with Crippen LogP contribution in [0.1, 0.15) is 30.4 Å². The summed E-state index contributed by atoms with van der Waals surface area (Å²) >= 11 is 0. The number of carbonyl (C=O) groups excluding carboxylic acids is 1. The monoisotopic (exact) mass is 440 g/mol. The summed E-state index contributed by atoms with van der Waals surface area (Å²) in [4.78, 5) is 16.9. The van der Waals surface area contributed by atoms with Gasteiger partial charge >= 0.3 is 6.03 Å². The fraction of sp³-hybridized carbons (Fsp3) is 0.222. The van der Waals surface area contributed by atoms with Crippen LogP contribution in [-0.2, 0) is 6.42 Å². The van der Waals surface area contributed by atoms with Crippen LogP contribution in [0.3, 0.4) is 0 Å². The number of halogens is 1. The molecule has 0 unspecified atom stereocenters. The van der Waals surface area contributed by atoms with Gasteiger partial charge in [0, 0.05) is 47.4 Å². The van der Waals surface area contributed by atoms with Gasteiger partial charge in [0.15, 0.2) is 5.82 Å². The van der Waals surface area contributed by atoms with Crippen molar-refractivity contribution < 1.29 is 9.18 Å². The van der Waals surface area contributed by atoms with E-state index in [-0.39, 0.29) is 5.82 Å². The SMILES string of the molecule is NC(=O)Nc1ccc2c(c1)Cc1c-2[nH]c2c(F)c(-c3ccc(N4CCCCC4)cc3)ccc12. The van der Waals surface area contributed by atoms with Crippen molar-refractivity contribution in [2.24, 2.45) is 5.73 Å². The van der Waals surface area contributed by atoms with Crippen molar-refractivity contribution in [1.82, 2.24) is 4.98 Å². The van der Waals surface area contributed by atoms with Crippen LogP contribution in [-0.4, -0.2) is 24.1 Å². The molecule has 2 amide bonds. The van der Waals surface area contributed by atoms with Crippen LogP contribution in [0, 0.1) is 5.82 Å². The first-order valence-electron chi connectivity index (χ1n) is 11.5. The maximum absolute atomic E-state index is 15.6. The van der Waals surface area contributed by atoms with Gasteiger partial charge in [0.2, 0.25) is 0 Å². The zero-order valence-electron chi connectivity index (χ0n) is 18.2. The number of primary amides is 1. The highest BCUT2D eigenvalue weighted by molar-refractivity contribution is 5.97. The van der Waals surface area contributed by atoms with Crippen molar-refractivity contribution in [1.29, 1.82) is 0 Å². The lowest BCUT2D eigenvalue weighted by molar-refractivity contribution is 0.259. The number of anilines is 2. The van der Waals surface area contributed by atoms with Gasteiger partial charge in [0.25, 0.3) is 0 Å². The number of nitrogens with two attached hydrogens (primary N) is 1. The summed E-state index contributed by atoms with van der Waals surface area (Å²) in [6.07, 6.45) is 4.45. The number of benzene rings is 3. The van der Waals surface area contributed by atoms with Crippen molar-refractivity contribution in [2.75, 3.05) is 23.3 Å². The second kappa shape index (κ2) is 7.66. The molecule has 0 saturated carbocycles. The van der Waals surface area contributed by atoms with Gasteiger partial charge < -0.3 is 20.9 Å². The molecule has 5 nitrogen and oxygen atoms in total. The summed E-state index contributed by atoms with van der Waals surface area (Å²) in [6.45, 7) is 2.19. The van der Waals surface area contributed by atoms with E-state index in [4.69, 9.17) is 5.73 Å². The van der Waals surface area contributed by atoms with E-state index in [2.05, 4.69) is 27.3 Å². The number of hydrogen-bond acceptors (Lipinski definition) is 2. The fourth-order valence-electron chi connectivity index (χ4n) is 5.32. The molecule has 6 heteroatoms. The lowest BCUT2D eigenvalue weighted by Gasteiger charge is -2.28. The van der Waals surface area contributed by atoms with Crippen LogP contribution >= 0.6 is 0 Å². The molecule has 1 saturated heterocycles. The summed E-state index contributed by atoms with van der Waals surface area (Å²) in [7, 11) is 0. The summed E-state index contributed by atoms with van der Waals surface area (Å²) in [6, 6.07) is 17.2. The molecule has 1 aliphatic carbocycles. The third kappa shape index (κ3) is 3.33. The van der Waals surface area contributed by atoms with Gasteiger partial charge in [-0.2, -0.15) is 0 Å². The van der Waals surface area contributed by atoms with Crippen molar-refractivity contribution in [3.63, 3.8) is 0 Å². The highest BCUT2D eigenvalue weighted by Gasteiger charge is 2.25. The normalized spacial score (nSPS) is 14.9. The van der Waals surface area contributed by atoms with E-state index < -0.39 is 6.03 Å². The fourth-order valence-corrected chi connectivity index (χ4v) is 5.32. The molecule has 0 atom stereocenters. The smallest absolute Gasteiger partial charge is 0.316 e. The van der Waals surface area contributed by atoms with Gasteiger partial charge in [0.05, 0.1) is 11.2 Å². The van der Waals surface area contributed by atoms with Gasteiger partial charge in [-0.1, -0.05) is 30.3 Å². The lowest BCUT2D eigenvalue weighted by Crippen LogP contribution is -2.29. The number of nitrogens with one attached hydrogen (secondary N) is 2. The molecule has 6 rings (SSSR count). The Morgan fingerprint density at radius 2 is 1.73 bits per heavy atom. The first kappa shape index (κ1) is 19.9. The Balaban J connectivity index is 1.34. The molecule has 1 aliphatic heterocycles. The molecule has 166 valence electrons. The highest BCUT2D eigenvalue weighted by atomic mass is 19.1. The number of nitrogens with zero attached hydrogens (tertiary/aromatic N) is 1. The molecule has 4 N–H and O–H groups in total. The molecule has 0 radical (unpaired) electrons. The van der Waals surface area contributed by atoms with Crippen LogP contribution in [0.15, 0.2) is 54.6 Å². The van der Waals surface area contributed by atoms with Gasteiger partial charge in [-0.3, -0.25) is 0 Å². The minimum absolute atomic E-state index is 0.221. The van der Waals surface area contributed by atoms with Crippen molar-refractivity contribution in [2.45, 2.75) is 25.7 Å². The van der Waals surface area contributed by atoms with E-state index in [1.165, 1.54) is 24.9 Å². The molecule has 33 heavy (non-hydrogen) atoms. The molecule has 2 aliphatic rings. The second-order valence-corrected chi connectivity index (χ2v) is 8.96. The molecule has 1 aromatic heterocycles. The predicted octanol–water partition coefficient (Wildman–Crippen LogP) is 6.03. The van der Waals surface area contributed by atoms with E-state index in [0.717, 1.165) is 46.4 Å². The molecule has 0 bridgehead atoms. The molecule has 4 aromatic rings. The predicted molar refractivity (Wildman–Crippen MR) is 131 cm³/mol. The van der Waals surface area contributed by atoms with Crippen LogP contribution in [0.5, 0.6) is 0 Å².